The SMILES string of the molecule is CC=Cc1ccc(OC)cc1O. The van der Waals surface area contributed by atoms with Crippen LogP contribution in [0.3, 0.4) is 0 Å². The Morgan fingerprint density at radius 1 is 1.42 bits per heavy atom. The standard InChI is InChI=1S/C10H12O2/c1-3-4-8-5-6-9(12-2)7-10(8)11/h3-7,11H,1-2H3. The molecule has 1 aromatic carbocycles. The number of rotatable bonds is 2. The van der Waals surface area contributed by atoms with Gasteiger partial charge in [-0.05, 0) is 19.1 Å². The molecule has 2 heteroatoms. The Kier molecular flexibility index (Phi) is 2.75. The summed E-state index contributed by atoms with van der Waals surface area (Å²) in [5.41, 5.74) is 0.804. The number of hydrogen-bond acceptors (Lipinski definition) is 2. The van der Waals surface area contributed by atoms with Gasteiger partial charge in [0.05, 0.1) is 7.11 Å². The fourth-order valence-electron chi connectivity index (χ4n) is 0.971. The highest BCUT2D eigenvalue weighted by atomic mass is 16.5. The van der Waals surface area contributed by atoms with Gasteiger partial charge in [-0.1, -0.05) is 12.2 Å². The van der Waals surface area contributed by atoms with Crippen LogP contribution in [0.15, 0.2) is 24.3 Å². The van der Waals surface area contributed by atoms with Crippen molar-refractivity contribution < 1.29 is 9.84 Å². The van der Waals surface area contributed by atoms with Gasteiger partial charge in [0.15, 0.2) is 0 Å². The molecule has 0 unspecified atom stereocenters. The van der Waals surface area contributed by atoms with E-state index in [0.717, 1.165) is 5.56 Å². The molecular weight excluding hydrogens is 152 g/mol. The molecule has 0 radical (unpaired) electrons. The van der Waals surface area contributed by atoms with Crippen molar-refractivity contribution in [2.24, 2.45) is 0 Å². The number of ether oxygens (including phenoxy) is 1. The zero-order chi connectivity index (χ0) is 8.97. The Labute approximate surface area is 72.1 Å². The Morgan fingerprint density at radius 2 is 2.17 bits per heavy atom. The summed E-state index contributed by atoms with van der Waals surface area (Å²) < 4.78 is 4.94. The van der Waals surface area contributed by atoms with Gasteiger partial charge in [0.25, 0.3) is 0 Å². The summed E-state index contributed by atoms with van der Waals surface area (Å²) in [4.78, 5) is 0. The smallest absolute Gasteiger partial charge is 0.126 e. The first-order valence-corrected chi connectivity index (χ1v) is 3.77. The molecule has 2 nitrogen and oxygen atoms in total. The van der Waals surface area contributed by atoms with Crippen LogP contribution in [-0.2, 0) is 0 Å². The molecule has 1 aromatic rings. The van der Waals surface area contributed by atoms with E-state index in [-0.39, 0.29) is 5.75 Å². The third-order valence-corrected chi connectivity index (χ3v) is 1.58. The second kappa shape index (κ2) is 3.81. The van der Waals surface area contributed by atoms with Crippen LogP contribution >= 0.6 is 0 Å². The van der Waals surface area contributed by atoms with Crippen molar-refractivity contribution in [2.45, 2.75) is 6.92 Å². The highest BCUT2D eigenvalue weighted by molar-refractivity contribution is 5.58. The number of allylic oxidation sites excluding steroid dienone is 1. The molecule has 0 fully saturated rings. The maximum Gasteiger partial charge on any atom is 0.126 e. The van der Waals surface area contributed by atoms with E-state index in [1.807, 2.05) is 31.2 Å². The average Bonchev–Trinajstić information content (AvgIpc) is 2.09. The van der Waals surface area contributed by atoms with Crippen LogP contribution in [0.1, 0.15) is 12.5 Å². The van der Waals surface area contributed by atoms with Crippen molar-refractivity contribution >= 4 is 6.08 Å². The van der Waals surface area contributed by atoms with Crippen molar-refractivity contribution in [1.29, 1.82) is 0 Å². The van der Waals surface area contributed by atoms with Gasteiger partial charge >= 0.3 is 0 Å². The number of aromatic hydroxyl groups is 1. The minimum atomic E-state index is 0.243. The number of methoxy groups -OCH3 is 1. The lowest BCUT2D eigenvalue weighted by Gasteiger charge is -2.02. The summed E-state index contributed by atoms with van der Waals surface area (Å²) in [5.74, 6) is 0.910. The normalized spacial score (nSPS) is 10.5. The van der Waals surface area contributed by atoms with Gasteiger partial charge in [0, 0.05) is 11.6 Å². The predicted octanol–water partition coefficient (Wildman–Crippen LogP) is 2.43. The van der Waals surface area contributed by atoms with E-state index in [1.54, 1.807) is 13.2 Å². The van der Waals surface area contributed by atoms with Crippen LogP contribution < -0.4 is 4.74 Å². The van der Waals surface area contributed by atoms with Crippen LogP contribution in [0.25, 0.3) is 6.08 Å². The Morgan fingerprint density at radius 3 is 2.67 bits per heavy atom. The molecule has 0 aliphatic carbocycles. The molecule has 0 aliphatic heterocycles. The van der Waals surface area contributed by atoms with Gasteiger partial charge < -0.3 is 9.84 Å². The molecule has 1 N–H and O–H groups in total. The second-order valence-electron chi connectivity index (χ2n) is 2.42. The molecule has 1 rings (SSSR count). The first-order valence-electron chi connectivity index (χ1n) is 3.77. The molecule has 0 saturated carbocycles. The van der Waals surface area contributed by atoms with Crippen molar-refractivity contribution in [3.8, 4) is 11.5 Å². The summed E-state index contributed by atoms with van der Waals surface area (Å²) in [7, 11) is 1.57. The van der Waals surface area contributed by atoms with Gasteiger partial charge in [-0.3, -0.25) is 0 Å². The monoisotopic (exact) mass is 164 g/mol. The number of benzene rings is 1. The number of hydrogen-bond donors (Lipinski definition) is 1. The Bertz CT molecular complexity index is 290. The van der Waals surface area contributed by atoms with E-state index in [9.17, 15) is 5.11 Å². The fraction of sp³-hybridized carbons (Fsp3) is 0.200. The third-order valence-electron chi connectivity index (χ3n) is 1.58. The maximum absolute atomic E-state index is 9.42. The lowest BCUT2D eigenvalue weighted by atomic mass is 10.2. The molecule has 64 valence electrons. The maximum atomic E-state index is 9.42. The molecule has 0 spiro atoms. The molecule has 0 amide bonds. The minimum Gasteiger partial charge on any atom is -0.507 e. The summed E-state index contributed by atoms with van der Waals surface area (Å²) in [6, 6.07) is 5.22. The van der Waals surface area contributed by atoms with E-state index in [1.165, 1.54) is 0 Å². The molecule has 0 saturated heterocycles. The molecule has 12 heavy (non-hydrogen) atoms. The van der Waals surface area contributed by atoms with Gasteiger partial charge in [0.1, 0.15) is 11.5 Å². The molecule has 0 bridgehead atoms. The molecule has 0 aromatic heterocycles. The van der Waals surface area contributed by atoms with Gasteiger partial charge in [-0.25, -0.2) is 0 Å². The van der Waals surface area contributed by atoms with Crippen LogP contribution in [-0.4, -0.2) is 12.2 Å². The van der Waals surface area contributed by atoms with Crippen LogP contribution in [0.5, 0.6) is 11.5 Å². The Hall–Kier alpha value is -1.44. The number of phenolic OH excluding ortho intramolecular Hbond substituents is 1. The summed E-state index contributed by atoms with van der Waals surface area (Å²) in [5, 5.41) is 9.42. The van der Waals surface area contributed by atoms with Crippen molar-refractivity contribution in [3.05, 3.63) is 29.8 Å². The second-order valence-corrected chi connectivity index (χ2v) is 2.42. The zero-order valence-corrected chi connectivity index (χ0v) is 7.24. The summed E-state index contributed by atoms with van der Waals surface area (Å²) >= 11 is 0. The van der Waals surface area contributed by atoms with E-state index < -0.39 is 0 Å². The van der Waals surface area contributed by atoms with Crippen molar-refractivity contribution in [1.82, 2.24) is 0 Å². The average molecular weight is 164 g/mol. The van der Waals surface area contributed by atoms with E-state index >= 15 is 0 Å². The number of phenols is 1. The minimum absolute atomic E-state index is 0.243. The molecular formula is C10H12O2. The van der Waals surface area contributed by atoms with Crippen LogP contribution in [0, 0.1) is 0 Å². The molecule has 0 aliphatic rings. The van der Waals surface area contributed by atoms with Crippen molar-refractivity contribution in [2.75, 3.05) is 7.11 Å². The highest BCUT2D eigenvalue weighted by Gasteiger charge is 1.98. The molecule has 0 atom stereocenters. The fourth-order valence-corrected chi connectivity index (χ4v) is 0.971. The van der Waals surface area contributed by atoms with Gasteiger partial charge in [0.2, 0.25) is 0 Å². The lowest BCUT2D eigenvalue weighted by molar-refractivity contribution is 0.407. The zero-order valence-electron chi connectivity index (χ0n) is 7.24. The topological polar surface area (TPSA) is 29.5 Å². The Balaban J connectivity index is 3.03. The highest BCUT2D eigenvalue weighted by Crippen LogP contribution is 2.24. The predicted molar refractivity (Wildman–Crippen MR) is 49.4 cm³/mol. The third kappa shape index (κ3) is 1.78. The first-order chi connectivity index (χ1) is 5.77. The van der Waals surface area contributed by atoms with E-state index in [2.05, 4.69) is 0 Å². The van der Waals surface area contributed by atoms with E-state index in [0.29, 0.717) is 5.75 Å². The molecule has 0 heterocycles. The van der Waals surface area contributed by atoms with Gasteiger partial charge in [-0.15, -0.1) is 0 Å². The van der Waals surface area contributed by atoms with Crippen molar-refractivity contribution in [3.63, 3.8) is 0 Å². The summed E-state index contributed by atoms with van der Waals surface area (Å²) in [6.07, 6.45) is 3.72. The first kappa shape index (κ1) is 8.65. The summed E-state index contributed by atoms with van der Waals surface area (Å²) in [6.45, 7) is 1.91. The largest absolute Gasteiger partial charge is 0.507 e. The lowest BCUT2D eigenvalue weighted by Crippen LogP contribution is -1.82. The quantitative estimate of drug-likeness (QED) is 0.727. The van der Waals surface area contributed by atoms with E-state index in [4.69, 9.17) is 4.74 Å². The van der Waals surface area contributed by atoms with Crippen LogP contribution in [0.4, 0.5) is 0 Å². The van der Waals surface area contributed by atoms with Crippen LogP contribution in [0.2, 0.25) is 0 Å². The van der Waals surface area contributed by atoms with Gasteiger partial charge in [-0.2, -0.15) is 0 Å².